The second-order valence-electron chi connectivity index (χ2n) is 5.36. The van der Waals surface area contributed by atoms with Gasteiger partial charge in [-0.1, -0.05) is 13.3 Å². The minimum absolute atomic E-state index is 0.108. The summed E-state index contributed by atoms with van der Waals surface area (Å²) in [5.74, 6) is 1.49. The third-order valence-electron chi connectivity index (χ3n) is 3.45. The summed E-state index contributed by atoms with van der Waals surface area (Å²) < 4.78 is 10.7. The smallest absolute Gasteiger partial charge is 0.243 e. The summed E-state index contributed by atoms with van der Waals surface area (Å²) in [6, 6.07) is 14.8. The van der Waals surface area contributed by atoms with Gasteiger partial charge < -0.3 is 20.1 Å². The van der Waals surface area contributed by atoms with Gasteiger partial charge in [0, 0.05) is 11.4 Å². The summed E-state index contributed by atoms with van der Waals surface area (Å²) >= 11 is 0. The number of rotatable bonds is 9. The maximum atomic E-state index is 12.0. The molecule has 2 N–H and O–H groups in total. The van der Waals surface area contributed by atoms with E-state index in [1.807, 2.05) is 24.3 Å². The molecule has 0 heterocycles. The fourth-order valence-electron chi connectivity index (χ4n) is 2.07. The molecular weight excluding hydrogens is 304 g/mol. The molecule has 0 radical (unpaired) electrons. The summed E-state index contributed by atoms with van der Waals surface area (Å²) in [6.07, 6.45) is 2.16. The lowest BCUT2D eigenvalue weighted by Gasteiger charge is -2.10. The van der Waals surface area contributed by atoms with Crippen LogP contribution in [0.1, 0.15) is 19.8 Å². The first kappa shape index (κ1) is 17.7. The zero-order chi connectivity index (χ0) is 17.2. The van der Waals surface area contributed by atoms with Gasteiger partial charge in [-0.2, -0.15) is 0 Å². The first-order chi connectivity index (χ1) is 11.7. The maximum absolute atomic E-state index is 12.0. The molecule has 5 nitrogen and oxygen atoms in total. The van der Waals surface area contributed by atoms with Crippen molar-refractivity contribution in [1.82, 2.24) is 0 Å². The SMILES string of the molecule is CCCCOc1ccc(NCC(=O)Nc2ccc(OC)cc2)cc1. The molecule has 2 aromatic rings. The van der Waals surface area contributed by atoms with Crippen LogP contribution in [0.5, 0.6) is 11.5 Å². The molecule has 24 heavy (non-hydrogen) atoms. The monoisotopic (exact) mass is 328 g/mol. The van der Waals surface area contributed by atoms with Crippen molar-refractivity contribution in [3.8, 4) is 11.5 Å². The number of amides is 1. The molecule has 2 rings (SSSR count). The van der Waals surface area contributed by atoms with Crippen molar-refractivity contribution >= 4 is 17.3 Å². The van der Waals surface area contributed by atoms with Crippen molar-refractivity contribution in [2.24, 2.45) is 0 Å². The fraction of sp³-hybridized carbons (Fsp3) is 0.316. The largest absolute Gasteiger partial charge is 0.497 e. The van der Waals surface area contributed by atoms with E-state index in [2.05, 4.69) is 17.6 Å². The van der Waals surface area contributed by atoms with Gasteiger partial charge in [0.15, 0.2) is 0 Å². The highest BCUT2D eigenvalue weighted by Gasteiger charge is 2.03. The number of ether oxygens (including phenoxy) is 2. The number of carbonyl (C=O) groups is 1. The Bertz CT molecular complexity index is 624. The van der Waals surface area contributed by atoms with Crippen molar-refractivity contribution in [3.63, 3.8) is 0 Å². The van der Waals surface area contributed by atoms with E-state index in [0.29, 0.717) is 0 Å². The molecule has 0 aliphatic carbocycles. The van der Waals surface area contributed by atoms with Gasteiger partial charge in [-0.3, -0.25) is 4.79 Å². The second-order valence-corrected chi connectivity index (χ2v) is 5.36. The normalized spacial score (nSPS) is 10.1. The Morgan fingerprint density at radius 3 is 2.21 bits per heavy atom. The number of unbranched alkanes of at least 4 members (excludes halogenated alkanes) is 1. The number of hydrogen-bond acceptors (Lipinski definition) is 4. The van der Waals surface area contributed by atoms with Gasteiger partial charge in [0.2, 0.25) is 5.91 Å². The van der Waals surface area contributed by atoms with E-state index in [1.165, 1.54) is 0 Å². The van der Waals surface area contributed by atoms with Crippen LogP contribution in [0.15, 0.2) is 48.5 Å². The van der Waals surface area contributed by atoms with Crippen LogP contribution in [0.4, 0.5) is 11.4 Å². The van der Waals surface area contributed by atoms with Crippen LogP contribution in [-0.2, 0) is 4.79 Å². The molecule has 2 aromatic carbocycles. The molecule has 0 unspecified atom stereocenters. The number of nitrogens with one attached hydrogen (secondary N) is 2. The van der Waals surface area contributed by atoms with E-state index in [4.69, 9.17) is 9.47 Å². The summed E-state index contributed by atoms with van der Waals surface area (Å²) in [6.45, 7) is 3.06. The van der Waals surface area contributed by atoms with Gasteiger partial charge >= 0.3 is 0 Å². The topological polar surface area (TPSA) is 59.6 Å². The quantitative estimate of drug-likeness (QED) is 0.685. The van der Waals surface area contributed by atoms with Crippen molar-refractivity contribution in [2.75, 3.05) is 30.9 Å². The molecule has 0 aliphatic heterocycles. The summed E-state index contributed by atoms with van der Waals surface area (Å²) in [4.78, 5) is 12.0. The van der Waals surface area contributed by atoms with Crippen LogP contribution in [0.25, 0.3) is 0 Å². The van der Waals surface area contributed by atoms with E-state index in [1.54, 1.807) is 31.4 Å². The Balaban J connectivity index is 1.76. The average Bonchev–Trinajstić information content (AvgIpc) is 2.62. The first-order valence-electron chi connectivity index (χ1n) is 8.12. The third kappa shape index (κ3) is 5.83. The van der Waals surface area contributed by atoms with Gasteiger partial charge in [0.1, 0.15) is 11.5 Å². The van der Waals surface area contributed by atoms with Gasteiger partial charge in [-0.15, -0.1) is 0 Å². The van der Waals surface area contributed by atoms with Crippen molar-refractivity contribution in [1.29, 1.82) is 0 Å². The minimum atomic E-state index is -0.108. The molecule has 0 aliphatic rings. The number of methoxy groups -OCH3 is 1. The van der Waals surface area contributed by atoms with Crippen molar-refractivity contribution in [3.05, 3.63) is 48.5 Å². The highest BCUT2D eigenvalue weighted by Crippen LogP contribution is 2.17. The van der Waals surface area contributed by atoms with Gasteiger partial charge in [-0.25, -0.2) is 0 Å². The highest BCUT2D eigenvalue weighted by molar-refractivity contribution is 5.93. The predicted octanol–water partition coefficient (Wildman–Crippen LogP) is 3.92. The lowest BCUT2D eigenvalue weighted by molar-refractivity contribution is -0.114. The minimum Gasteiger partial charge on any atom is -0.497 e. The Kier molecular flexibility index (Phi) is 6.95. The highest BCUT2D eigenvalue weighted by atomic mass is 16.5. The van der Waals surface area contributed by atoms with E-state index in [0.717, 1.165) is 42.3 Å². The van der Waals surface area contributed by atoms with Crippen LogP contribution in [0.3, 0.4) is 0 Å². The van der Waals surface area contributed by atoms with Crippen molar-refractivity contribution in [2.45, 2.75) is 19.8 Å². The summed E-state index contributed by atoms with van der Waals surface area (Å²) in [5, 5.41) is 5.92. The molecule has 0 bridgehead atoms. The van der Waals surface area contributed by atoms with Gasteiger partial charge in [0.05, 0.1) is 20.3 Å². The second kappa shape index (κ2) is 9.45. The number of carbonyl (C=O) groups excluding carboxylic acids is 1. The molecule has 0 saturated heterocycles. The molecule has 0 aromatic heterocycles. The zero-order valence-electron chi connectivity index (χ0n) is 14.2. The molecule has 0 fully saturated rings. The molecule has 5 heteroatoms. The van der Waals surface area contributed by atoms with Crippen LogP contribution in [-0.4, -0.2) is 26.2 Å². The first-order valence-corrected chi connectivity index (χ1v) is 8.12. The lowest BCUT2D eigenvalue weighted by atomic mass is 10.3. The van der Waals surface area contributed by atoms with E-state index in [-0.39, 0.29) is 12.5 Å². The molecule has 0 atom stereocenters. The Morgan fingerprint density at radius 1 is 0.958 bits per heavy atom. The van der Waals surface area contributed by atoms with E-state index >= 15 is 0 Å². The molecule has 0 spiro atoms. The molecule has 1 amide bonds. The van der Waals surface area contributed by atoms with Crippen LogP contribution < -0.4 is 20.1 Å². The Labute approximate surface area is 143 Å². The van der Waals surface area contributed by atoms with E-state index < -0.39 is 0 Å². The van der Waals surface area contributed by atoms with Gasteiger partial charge in [-0.05, 0) is 55.0 Å². The fourth-order valence-corrected chi connectivity index (χ4v) is 2.07. The lowest BCUT2D eigenvalue weighted by Crippen LogP contribution is -2.21. The molecule has 0 saturated carbocycles. The average molecular weight is 328 g/mol. The van der Waals surface area contributed by atoms with Crippen LogP contribution >= 0.6 is 0 Å². The third-order valence-corrected chi connectivity index (χ3v) is 3.45. The van der Waals surface area contributed by atoms with Gasteiger partial charge in [0.25, 0.3) is 0 Å². The number of hydrogen-bond donors (Lipinski definition) is 2. The summed E-state index contributed by atoms with van der Waals surface area (Å²) in [5.41, 5.74) is 1.62. The molecular formula is C19H24N2O3. The summed E-state index contributed by atoms with van der Waals surface area (Å²) in [7, 11) is 1.61. The number of anilines is 2. The van der Waals surface area contributed by atoms with Crippen LogP contribution in [0, 0.1) is 0 Å². The zero-order valence-corrected chi connectivity index (χ0v) is 14.2. The Morgan fingerprint density at radius 2 is 1.58 bits per heavy atom. The predicted molar refractivity (Wildman–Crippen MR) is 97.0 cm³/mol. The maximum Gasteiger partial charge on any atom is 0.243 e. The Hall–Kier alpha value is -2.69. The van der Waals surface area contributed by atoms with E-state index in [9.17, 15) is 4.79 Å². The number of benzene rings is 2. The molecule has 128 valence electrons. The van der Waals surface area contributed by atoms with Crippen molar-refractivity contribution < 1.29 is 14.3 Å². The standard InChI is InChI=1S/C19H24N2O3/c1-3-4-13-24-18-11-5-15(6-12-18)20-14-19(22)21-16-7-9-17(23-2)10-8-16/h5-12,20H,3-4,13-14H2,1-2H3,(H,21,22). The van der Waals surface area contributed by atoms with Crippen LogP contribution in [0.2, 0.25) is 0 Å².